The van der Waals surface area contributed by atoms with E-state index in [9.17, 15) is 5.11 Å². The van der Waals surface area contributed by atoms with Gasteiger partial charge < -0.3 is 9.84 Å². The Morgan fingerprint density at radius 1 is 1.20 bits per heavy atom. The number of pyridine rings is 1. The van der Waals surface area contributed by atoms with Gasteiger partial charge >= 0.3 is 0 Å². The fourth-order valence-electron chi connectivity index (χ4n) is 2.78. The summed E-state index contributed by atoms with van der Waals surface area (Å²) in [6.45, 7) is 6.70. The molecule has 0 aliphatic rings. The van der Waals surface area contributed by atoms with E-state index in [4.69, 9.17) is 4.74 Å². The number of ether oxygens (including phenoxy) is 1. The highest BCUT2D eigenvalue weighted by Crippen LogP contribution is 2.36. The zero-order valence-electron chi connectivity index (χ0n) is 12.5. The van der Waals surface area contributed by atoms with Crippen LogP contribution in [0.3, 0.4) is 0 Å². The lowest BCUT2D eigenvalue weighted by Gasteiger charge is -2.36. The Balaban J connectivity index is 2.40. The maximum absolute atomic E-state index is 10.8. The Labute approximate surface area is 120 Å². The summed E-state index contributed by atoms with van der Waals surface area (Å²) in [5, 5.41) is 11.8. The average Bonchev–Trinajstić information content (AvgIpc) is 2.51. The molecular weight excluding hydrogens is 250 g/mol. The van der Waals surface area contributed by atoms with Gasteiger partial charge in [-0.15, -0.1) is 0 Å². The third kappa shape index (κ3) is 2.69. The van der Waals surface area contributed by atoms with Gasteiger partial charge in [-0.25, -0.2) is 0 Å². The molecule has 2 rings (SSSR count). The van der Waals surface area contributed by atoms with Crippen molar-refractivity contribution in [2.24, 2.45) is 0 Å². The van der Waals surface area contributed by atoms with Crippen LogP contribution in [0.1, 0.15) is 45.3 Å². The van der Waals surface area contributed by atoms with Crippen molar-refractivity contribution < 1.29 is 9.84 Å². The first-order valence-electron chi connectivity index (χ1n) is 7.33. The van der Waals surface area contributed by atoms with Crippen LogP contribution < -0.4 is 0 Å². The van der Waals surface area contributed by atoms with Crippen molar-refractivity contribution in [3.8, 4) is 0 Å². The summed E-state index contributed by atoms with van der Waals surface area (Å²) >= 11 is 0. The fourth-order valence-corrected chi connectivity index (χ4v) is 2.78. The van der Waals surface area contributed by atoms with Crippen molar-refractivity contribution in [2.45, 2.75) is 45.3 Å². The van der Waals surface area contributed by atoms with Gasteiger partial charge in [0.2, 0.25) is 0 Å². The average molecular weight is 273 g/mol. The van der Waals surface area contributed by atoms with Gasteiger partial charge in [0.15, 0.2) is 0 Å². The SMILES string of the molecule is CCOC(CC)(CC)C(O)c1ccc2ncccc2c1. The quantitative estimate of drug-likeness (QED) is 0.869. The van der Waals surface area contributed by atoms with E-state index >= 15 is 0 Å². The van der Waals surface area contributed by atoms with Crippen LogP contribution in [0.5, 0.6) is 0 Å². The third-order valence-electron chi connectivity index (χ3n) is 4.07. The summed E-state index contributed by atoms with van der Waals surface area (Å²) in [6.07, 6.45) is 2.72. The second-order valence-corrected chi connectivity index (χ2v) is 5.06. The van der Waals surface area contributed by atoms with Crippen LogP contribution in [0.15, 0.2) is 36.5 Å². The van der Waals surface area contributed by atoms with E-state index in [-0.39, 0.29) is 0 Å². The molecule has 1 N–H and O–H groups in total. The molecule has 0 aliphatic carbocycles. The number of aliphatic hydroxyl groups is 1. The maximum Gasteiger partial charge on any atom is 0.108 e. The molecule has 1 heterocycles. The molecule has 1 aromatic heterocycles. The third-order valence-corrected chi connectivity index (χ3v) is 4.07. The number of rotatable bonds is 6. The maximum atomic E-state index is 10.8. The number of hydrogen-bond acceptors (Lipinski definition) is 3. The molecule has 0 radical (unpaired) electrons. The van der Waals surface area contributed by atoms with E-state index in [0.717, 1.165) is 29.3 Å². The van der Waals surface area contributed by atoms with Crippen LogP contribution in [0.25, 0.3) is 10.9 Å². The van der Waals surface area contributed by atoms with Crippen LogP contribution in [-0.4, -0.2) is 22.3 Å². The molecule has 0 saturated heterocycles. The molecule has 20 heavy (non-hydrogen) atoms. The largest absolute Gasteiger partial charge is 0.385 e. The Morgan fingerprint density at radius 3 is 2.60 bits per heavy atom. The predicted molar refractivity (Wildman–Crippen MR) is 81.6 cm³/mol. The van der Waals surface area contributed by atoms with Gasteiger partial charge in [0.05, 0.1) is 11.1 Å². The summed E-state index contributed by atoms with van der Waals surface area (Å²) in [6, 6.07) is 9.83. The second-order valence-electron chi connectivity index (χ2n) is 5.06. The van der Waals surface area contributed by atoms with Crippen molar-refractivity contribution in [3.63, 3.8) is 0 Å². The summed E-state index contributed by atoms with van der Waals surface area (Å²) < 4.78 is 5.89. The molecule has 0 saturated carbocycles. The van der Waals surface area contributed by atoms with Crippen LogP contribution >= 0.6 is 0 Å². The number of aliphatic hydroxyl groups excluding tert-OH is 1. The van der Waals surface area contributed by atoms with Gasteiger partial charge in [-0.05, 0) is 43.5 Å². The highest BCUT2D eigenvalue weighted by atomic mass is 16.5. The molecule has 1 unspecified atom stereocenters. The minimum absolute atomic E-state index is 0.509. The lowest BCUT2D eigenvalue weighted by atomic mass is 9.85. The van der Waals surface area contributed by atoms with E-state index in [1.54, 1.807) is 6.20 Å². The molecule has 1 atom stereocenters. The van der Waals surface area contributed by atoms with Gasteiger partial charge in [0.25, 0.3) is 0 Å². The van der Waals surface area contributed by atoms with Crippen molar-refractivity contribution in [2.75, 3.05) is 6.61 Å². The van der Waals surface area contributed by atoms with E-state index in [0.29, 0.717) is 6.61 Å². The lowest BCUT2D eigenvalue weighted by Crippen LogP contribution is -2.38. The van der Waals surface area contributed by atoms with Crippen molar-refractivity contribution in [3.05, 3.63) is 42.1 Å². The number of nitrogens with zero attached hydrogens (tertiary/aromatic N) is 1. The lowest BCUT2D eigenvalue weighted by molar-refractivity contribution is -0.127. The molecule has 108 valence electrons. The van der Waals surface area contributed by atoms with Gasteiger partial charge in [0, 0.05) is 18.2 Å². The van der Waals surface area contributed by atoms with Crippen LogP contribution in [0, 0.1) is 0 Å². The van der Waals surface area contributed by atoms with Gasteiger partial charge in [-0.1, -0.05) is 26.0 Å². The minimum Gasteiger partial charge on any atom is -0.385 e. The summed E-state index contributed by atoms with van der Waals surface area (Å²) in [7, 11) is 0. The molecule has 3 nitrogen and oxygen atoms in total. The zero-order valence-corrected chi connectivity index (χ0v) is 12.5. The molecule has 0 amide bonds. The highest BCUT2D eigenvalue weighted by molar-refractivity contribution is 5.79. The number of benzene rings is 1. The first-order valence-corrected chi connectivity index (χ1v) is 7.33. The normalized spacial score (nSPS) is 13.6. The van der Waals surface area contributed by atoms with Crippen molar-refractivity contribution >= 4 is 10.9 Å². The topological polar surface area (TPSA) is 42.4 Å². The smallest absolute Gasteiger partial charge is 0.108 e. The molecule has 0 aliphatic heterocycles. The standard InChI is InChI=1S/C17H23NO2/c1-4-17(5-2,20-6-3)16(19)14-9-10-15-13(12-14)8-7-11-18-15/h7-12,16,19H,4-6H2,1-3H3. The Morgan fingerprint density at radius 2 is 1.95 bits per heavy atom. The van der Waals surface area contributed by atoms with Gasteiger partial charge in [-0.3, -0.25) is 4.98 Å². The summed E-state index contributed by atoms with van der Waals surface area (Å²) in [4.78, 5) is 4.31. The van der Waals surface area contributed by atoms with E-state index in [1.165, 1.54) is 0 Å². The number of fused-ring (bicyclic) bond motifs is 1. The van der Waals surface area contributed by atoms with Crippen LogP contribution in [-0.2, 0) is 4.74 Å². The van der Waals surface area contributed by atoms with Crippen molar-refractivity contribution in [1.82, 2.24) is 4.98 Å². The Hall–Kier alpha value is -1.45. The molecule has 3 heteroatoms. The highest BCUT2D eigenvalue weighted by Gasteiger charge is 2.36. The zero-order chi connectivity index (χ0) is 14.6. The monoisotopic (exact) mass is 273 g/mol. The molecular formula is C17H23NO2. The Kier molecular flexibility index (Phi) is 4.73. The summed E-state index contributed by atoms with van der Waals surface area (Å²) in [5.41, 5.74) is 1.33. The summed E-state index contributed by atoms with van der Waals surface area (Å²) in [5.74, 6) is 0. The molecule has 1 aromatic carbocycles. The minimum atomic E-state index is -0.623. The van der Waals surface area contributed by atoms with Gasteiger partial charge in [0.1, 0.15) is 6.10 Å². The van der Waals surface area contributed by atoms with Crippen LogP contribution in [0.2, 0.25) is 0 Å². The molecule has 0 spiro atoms. The van der Waals surface area contributed by atoms with Gasteiger partial charge in [-0.2, -0.15) is 0 Å². The second kappa shape index (κ2) is 6.33. The first-order chi connectivity index (χ1) is 9.66. The molecule has 0 fully saturated rings. The Bertz CT molecular complexity index is 564. The molecule has 2 aromatic rings. The van der Waals surface area contributed by atoms with Crippen LogP contribution in [0.4, 0.5) is 0 Å². The van der Waals surface area contributed by atoms with Crippen molar-refractivity contribution in [1.29, 1.82) is 0 Å². The number of hydrogen-bond donors (Lipinski definition) is 1. The number of aromatic nitrogens is 1. The first kappa shape index (κ1) is 14.9. The van der Waals surface area contributed by atoms with E-state index in [2.05, 4.69) is 18.8 Å². The molecule has 0 bridgehead atoms. The predicted octanol–water partition coefficient (Wildman–Crippen LogP) is 3.86. The van der Waals surface area contributed by atoms with E-state index in [1.807, 2.05) is 37.3 Å². The van der Waals surface area contributed by atoms with E-state index < -0.39 is 11.7 Å². The fraction of sp³-hybridized carbons (Fsp3) is 0.471.